The predicted octanol–water partition coefficient (Wildman–Crippen LogP) is 9.71. The summed E-state index contributed by atoms with van der Waals surface area (Å²) in [6.07, 6.45) is 0. The number of fused-ring (bicyclic) bond motifs is 13. The molecular weight excluding hydrogens is 821 g/mol. The molecule has 0 spiro atoms. The number of aromatic nitrogens is 8. The third-order valence-electron chi connectivity index (χ3n) is 13.0. The molecule has 64 heavy (non-hydrogen) atoms. The normalized spacial score (nSPS) is 12.4. The molecule has 0 aliphatic carbocycles. The Morgan fingerprint density at radius 1 is 0.359 bits per heavy atom. The fraction of sp³-hybridized carbons (Fsp3) is 0. The zero-order valence-corrected chi connectivity index (χ0v) is 35.9. The predicted molar refractivity (Wildman–Crippen MR) is 265 cm³/mol. The fourth-order valence-corrected chi connectivity index (χ4v) is 15.9. The van der Waals surface area contributed by atoms with Gasteiger partial charge in [0.05, 0.1) is 44.1 Å². The Hall–Kier alpha value is -8.18. The van der Waals surface area contributed by atoms with E-state index in [1.165, 1.54) is 35.7 Å². The standard InChI is InChI=1S/C54H34N8SSi/c1-3-17-35(18-4-1)64(36-19-5-2-6-20-36,37-31-32-49-39(33-37)38-21-7-16-30-48(38)63-49)51-34-50(61-46-28-14-12-26-44(46)59-42-24-10-8-22-40(42)55-53(59)61)57-52(58-51)62-47-29-15-13-27-45(47)60-43-25-11-9-23-41(43)56-54(60)62/h1-34H. The highest BCUT2D eigenvalue weighted by Gasteiger charge is 2.44. The van der Waals surface area contributed by atoms with E-state index in [9.17, 15) is 0 Å². The Labute approximate surface area is 370 Å². The van der Waals surface area contributed by atoms with Gasteiger partial charge in [-0.05, 0) is 76.2 Å². The summed E-state index contributed by atoms with van der Waals surface area (Å²) >= 11 is 1.84. The summed E-state index contributed by atoms with van der Waals surface area (Å²) < 4.78 is 11.4. The summed E-state index contributed by atoms with van der Waals surface area (Å²) in [5.41, 5.74) is 7.93. The largest absolute Gasteiger partial charge is 0.276 e. The first-order valence-electron chi connectivity index (χ1n) is 21.4. The highest BCUT2D eigenvalue weighted by atomic mass is 32.1. The van der Waals surface area contributed by atoms with Crippen LogP contribution in [0.25, 0.3) is 87.6 Å². The van der Waals surface area contributed by atoms with Crippen LogP contribution in [0.3, 0.4) is 0 Å². The van der Waals surface area contributed by atoms with E-state index in [2.05, 4.69) is 212 Å². The first kappa shape index (κ1) is 35.4. The van der Waals surface area contributed by atoms with Crippen molar-refractivity contribution in [2.45, 2.75) is 0 Å². The first-order chi connectivity index (χ1) is 31.7. The molecule has 10 heteroatoms. The first-order valence-corrected chi connectivity index (χ1v) is 24.2. The lowest BCUT2D eigenvalue weighted by molar-refractivity contribution is 0.936. The van der Waals surface area contributed by atoms with Crippen molar-refractivity contribution in [3.63, 3.8) is 0 Å². The molecule has 0 fully saturated rings. The SMILES string of the molecule is c1ccc([Si](c2ccccc2)(c2ccc3sc4ccccc4c3c2)c2cc(-n3c4ccccc4n4c5ccccc5nc34)nc(-n3c4ccccc4n4c5ccccc5nc34)n2)cc1. The molecule has 8 aromatic carbocycles. The number of thiophene rings is 1. The van der Waals surface area contributed by atoms with E-state index >= 15 is 0 Å². The minimum atomic E-state index is -3.33. The highest BCUT2D eigenvalue weighted by molar-refractivity contribution is 7.26. The van der Waals surface area contributed by atoms with Gasteiger partial charge in [0.2, 0.25) is 25.6 Å². The number of hydrogen-bond donors (Lipinski definition) is 0. The second-order valence-electron chi connectivity index (χ2n) is 16.3. The van der Waals surface area contributed by atoms with E-state index in [1.54, 1.807) is 0 Å². The Bertz CT molecular complexity index is 3950. The molecule has 0 atom stereocenters. The molecule has 0 unspecified atom stereocenters. The van der Waals surface area contributed by atoms with Gasteiger partial charge in [-0.3, -0.25) is 13.4 Å². The molecule has 14 rings (SSSR count). The fourth-order valence-electron chi connectivity index (χ4n) is 10.2. The Morgan fingerprint density at radius 2 is 0.859 bits per heavy atom. The monoisotopic (exact) mass is 854 g/mol. The van der Waals surface area contributed by atoms with Gasteiger partial charge < -0.3 is 0 Å². The van der Waals surface area contributed by atoms with Crippen molar-refractivity contribution in [3.05, 3.63) is 206 Å². The van der Waals surface area contributed by atoms with Crippen LogP contribution in [0.1, 0.15) is 0 Å². The average Bonchev–Trinajstić information content (AvgIpc) is 4.16. The number of benzene rings is 8. The molecule has 0 saturated heterocycles. The van der Waals surface area contributed by atoms with Crippen molar-refractivity contribution in [2.24, 2.45) is 0 Å². The molecule has 0 amide bonds. The molecule has 6 aromatic heterocycles. The van der Waals surface area contributed by atoms with E-state index < -0.39 is 8.07 Å². The van der Waals surface area contributed by atoms with Crippen molar-refractivity contribution in [2.75, 3.05) is 0 Å². The van der Waals surface area contributed by atoms with Crippen LogP contribution in [-0.2, 0) is 0 Å². The molecule has 14 aromatic rings. The lowest BCUT2D eigenvalue weighted by atomic mass is 10.1. The third kappa shape index (κ3) is 4.86. The van der Waals surface area contributed by atoms with Gasteiger partial charge in [0.1, 0.15) is 5.82 Å². The van der Waals surface area contributed by atoms with Gasteiger partial charge in [-0.25, -0.2) is 19.5 Å². The molecule has 6 heterocycles. The van der Waals surface area contributed by atoms with Gasteiger partial charge in [0.15, 0.2) is 0 Å². The van der Waals surface area contributed by atoms with Crippen molar-refractivity contribution in [1.29, 1.82) is 0 Å². The second-order valence-corrected chi connectivity index (χ2v) is 21.2. The van der Waals surface area contributed by atoms with Crippen LogP contribution in [0.4, 0.5) is 0 Å². The summed E-state index contributed by atoms with van der Waals surface area (Å²) in [6.45, 7) is 0. The maximum atomic E-state index is 5.91. The summed E-state index contributed by atoms with van der Waals surface area (Å²) in [5.74, 6) is 2.79. The Morgan fingerprint density at radius 3 is 1.50 bits per heavy atom. The van der Waals surface area contributed by atoms with Crippen LogP contribution >= 0.6 is 11.3 Å². The Balaban J connectivity index is 1.18. The van der Waals surface area contributed by atoms with Crippen molar-refractivity contribution in [1.82, 2.24) is 37.9 Å². The van der Waals surface area contributed by atoms with Gasteiger partial charge in [0.25, 0.3) is 0 Å². The molecular formula is C54H34N8SSi. The summed E-state index contributed by atoms with van der Waals surface area (Å²) in [5, 5.41) is 7.14. The zero-order chi connectivity index (χ0) is 41.9. The molecule has 0 radical (unpaired) electrons. The van der Waals surface area contributed by atoms with Crippen molar-refractivity contribution in [3.8, 4) is 11.8 Å². The maximum absolute atomic E-state index is 5.91. The topological polar surface area (TPSA) is 70.2 Å². The molecule has 0 saturated carbocycles. The third-order valence-corrected chi connectivity index (χ3v) is 18.7. The summed E-state index contributed by atoms with van der Waals surface area (Å²) in [6, 6.07) is 73.9. The highest BCUT2D eigenvalue weighted by Crippen LogP contribution is 2.35. The number of imidazole rings is 4. The quantitative estimate of drug-likeness (QED) is 0.124. The van der Waals surface area contributed by atoms with E-state index in [0.29, 0.717) is 5.95 Å². The van der Waals surface area contributed by atoms with Crippen molar-refractivity contribution >= 4 is 116 Å². The summed E-state index contributed by atoms with van der Waals surface area (Å²) in [4.78, 5) is 22.2. The van der Waals surface area contributed by atoms with E-state index in [-0.39, 0.29) is 0 Å². The molecule has 8 nitrogen and oxygen atoms in total. The van der Waals surface area contributed by atoms with Crippen LogP contribution in [0, 0.1) is 0 Å². The maximum Gasteiger partial charge on any atom is 0.238 e. The van der Waals surface area contributed by atoms with Gasteiger partial charge in [-0.1, -0.05) is 140 Å². The molecule has 0 N–H and O–H groups in total. The van der Waals surface area contributed by atoms with Gasteiger partial charge in [-0.15, -0.1) is 11.3 Å². The van der Waals surface area contributed by atoms with Crippen LogP contribution < -0.4 is 20.9 Å². The van der Waals surface area contributed by atoms with Crippen LogP contribution in [0.5, 0.6) is 0 Å². The lowest BCUT2D eigenvalue weighted by Crippen LogP contribution is -2.75. The number of nitrogens with zero attached hydrogens (tertiary/aromatic N) is 8. The Kier molecular flexibility index (Phi) is 7.42. The molecule has 0 bridgehead atoms. The van der Waals surface area contributed by atoms with E-state index in [1.807, 2.05) is 23.5 Å². The van der Waals surface area contributed by atoms with Gasteiger partial charge in [-0.2, -0.15) is 4.98 Å². The van der Waals surface area contributed by atoms with Gasteiger partial charge >= 0.3 is 0 Å². The number of hydrogen-bond acceptors (Lipinski definition) is 5. The number of rotatable bonds is 6. The van der Waals surface area contributed by atoms with Crippen LogP contribution in [0.15, 0.2) is 206 Å². The molecule has 0 aliphatic rings. The number of para-hydroxylation sites is 8. The molecule has 0 aliphatic heterocycles. The lowest BCUT2D eigenvalue weighted by Gasteiger charge is -2.33. The summed E-state index contributed by atoms with van der Waals surface area (Å²) in [7, 11) is -3.33. The van der Waals surface area contributed by atoms with E-state index in [4.69, 9.17) is 19.9 Å². The molecule has 300 valence electrons. The van der Waals surface area contributed by atoms with Crippen LogP contribution in [-0.4, -0.2) is 45.9 Å². The van der Waals surface area contributed by atoms with Crippen molar-refractivity contribution < 1.29 is 0 Å². The average molecular weight is 855 g/mol. The smallest absolute Gasteiger partial charge is 0.238 e. The minimum absolute atomic E-state index is 0.534. The second kappa shape index (κ2) is 13.4. The van der Waals surface area contributed by atoms with Crippen LogP contribution in [0.2, 0.25) is 0 Å². The zero-order valence-electron chi connectivity index (χ0n) is 34.1. The van der Waals surface area contributed by atoms with Gasteiger partial charge in [0, 0.05) is 31.6 Å². The van der Waals surface area contributed by atoms with E-state index in [0.717, 1.165) is 66.8 Å². The minimum Gasteiger partial charge on any atom is -0.276 e.